The van der Waals surface area contributed by atoms with Crippen LogP contribution in [0.4, 0.5) is 4.79 Å². The predicted octanol–water partition coefficient (Wildman–Crippen LogP) is 1.35. The topological polar surface area (TPSA) is 119 Å². The minimum Gasteiger partial charge on any atom is -0.477 e. The standard InChI is InChI=1S/C20H29N3O5/c1-10(24)14-16-12-8-5-9-13(15(12)17(19(26)27)23(16)18(14)25)22-20(28)21-11-6-3-2-4-7-11/h10-14,16,24H,2-9H2,1H3,(H,26,27)(H2,21,22,28)/t10?,12-,13-,14+,16+/m0/s1. The molecule has 1 unspecified atom stereocenters. The lowest BCUT2D eigenvalue weighted by Crippen LogP contribution is -2.64. The van der Waals surface area contributed by atoms with Crippen LogP contribution in [0.15, 0.2) is 11.3 Å². The van der Waals surface area contributed by atoms with Gasteiger partial charge in [-0.25, -0.2) is 9.59 Å². The number of carbonyl (C=O) groups excluding carboxylic acids is 2. The first-order chi connectivity index (χ1) is 13.4. The van der Waals surface area contributed by atoms with Gasteiger partial charge in [-0.2, -0.15) is 0 Å². The van der Waals surface area contributed by atoms with E-state index in [0.717, 1.165) is 38.5 Å². The van der Waals surface area contributed by atoms with Crippen molar-refractivity contribution in [2.24, 2.45) is 11.8 Å². The molecule has 3 amide bonds. The quantitative estimate of drug-likeness (QED) is 0.540. The summed E-state index contributed by atoms with van der Waals surface area (Å²) in [6.07, 6.45) is 6.85. The van der Waals surface area contributed by atoms with Crippen LogP contribution in [0.2, 0.25) is 0 Å². The molecule has 0 bridgehead atoms. The van der Waals surface area contributed by atoms with Crippen molar-refractivity contribution in [1.82, 2.24) is 15.5 Å². The maximum atomic E-state index is 12.5. The predicted molar refractivity (Wildman–Crippen MR) is 100 cm³/mol. The van der Waals surface area contributed by atoms with Crippen molar-refractivity contribution >= 4 is 17.9 Å². The normalized spacial score (nSPS) is 33.6. The van der Waals surface area contributed by atoms with Gasteiger partial charge in [0, 0.05) is 12.0 Å². The van der Waals surface area contributed by atoms with Gasteiger partial charge < -0.3 is 25.7 Å². The van der Waals surface area contributed by atoms with Gasteiger partial charge in [-0.15, -0.1) is 0 Å². The summed E-state index contributed by atoms with van der Waals surface area (Å²) in [6, 6.07) is -0.783. The molecular formula is C20H29N3O5. The molecule has 8 heteroatoms. The molecule has 5 atom stereocenters. The molecule has 3 fully saturated rings. The molecule has 0 aromatic rings. The average Bonchev–Trinajstić information content (AvgIpc) is 2.94. The van der Waals surface area contributed by atoms with Crippen molar-refractivity contribution in [3.8, 4) is 0 Å². The van der Waals surface area contributed by atoms with E-state index in [9.17, 15) is 24.6 Å². The number of hydrogen-bond acceptors (Lipinski definition) is 4. The summed E-state index contributed by atoms with van der Waals surface area (Å²) in [5.41, 5.74) is 0.665. The molecule has 154 valence electrons. The van der Waals surface area contributed by atoms with Crippen molar-refractivity contribution < 1.29 is 24.6 Å². The highest BCUT2D eigenvalue weighted by Crippen LogP contribution is 2.52. The van der Waals surface area contributed by atoms with Crippen LogP contribution in [0.1, 0.15) is 58.3 Å². The number of carboxylic acid groups (broad SMARTS) is 1. The van der Waals surface area contributed by atoms with Crippen molar-refractivity contribution in [3.05, 3.63) is 11.3 Å². The molecule has 2 aliphatic carbocycles. The van der Waals surface area contributed by atoms with Crippen LogP contribution < -0.4 is 10.6 Å². The fourth-order valence-electron chi connectivity index (χ4n) is 5.67. The zero-order valence-electron chi connectivity index (χ0n) is 16.2. The Labute approximate surface area is 164 Å². The molecule has 28 heavy (non-hydrogen) atoms. The Hall–Kier alpha value is -2.09. The number of fused-ring (bicyclic) bond motifs is 3. The number of carbonyl (C=O) groups is 3. The molecule has 2 saturated carbocycles. The smallest absolute Gasteiger partial charge is 0.352 e. The molecule has 8 nitrogen and oxygen atoms in total. The Bertz CT molecular complexity index is 713. The highest BCUT2D eigenvalue weighted by atomic mass is 16.4. The van der Waals surface area contributed by atoms with E-state index in [-0.39, 0.29) is 41.7 Å². The van der Waals surface area contributed by atoms with E-state index < -0.39 is 18.0 Å². The van der Waals surface area contributed by atoms with E-state index >= 15 is 0 Å². The Morgan fingerprint density at radius 2 is 1.79 bits per heavy atom. The first-order valence-electron chi connectivity index (χ1n) is 10.5. The maximum absolute atomic E-state index is 12.5. The molecule has 4 N–H and O–H groups in total. The number of carboxylic acids is 1. The summed E-state index contributed by atoms with van der Waals surface area (Å²) < 4.78 is 0. The number of aliphatic hydroxyl groups is 1. The second kappa shape index (κ2) is 7.39. The number of rotatable bonds is 4. The third kappa shape index (κ3) is 3.07. The van der Waals surface area contributed by atoms with Crippen molar-refractivity contribution in [2.75, 3.05) is 0 Å². The van der Waals surface area contributed by atoms with Crippen molar-refractivity contribution in [3.63, 3.8) is 0 Å². The van der Waals surface area contributed by atoms with E-state index in [1.54, 1.807) is 6.92 Å². The number of nitrogens with one attached hydrogen (secondary N) is 2. The summed E-state index contributed by atoms with van der Waals surface area (Å²) in [7, 11) is 0. The van der Waals surface area contributed by atoms with E-state index in [1.807, 2.05) is 0 Å². The van der Waals surface area contributed by atoms with Crippen LogP contribution >= 0.6 is 0 Å². The molecule has 4 aliphatic rings. The van der Waals surface area contributed by atoms with Gasteiger partial charge in [-0.05, 0) is 38.2 Å². The molecule has 1 saturated heterocycles. The SMILES string of the molecule is CC(O)[C@H]1C(=O)N2C(C(=O)O)=C3[C@@H](NC(=O)NC4CCCCC4)CCC[C@@H]3[C@H]12. The van der Waals surface area contributed by atoms with E-state index in [2.05, 4.69) is 10.6 Å². The van der Waals surface area contributed by atoms with Gasteiger partial charge >= 0.3 is 12.0 Å². The van der Waals surface area contributed by atoms with Crippen LogP contribution in [-0.2, 0) is 9.59 Å². The second-order valence-electron chi connectivity index (χ2n) is 8.62. The van der Waals surface area contributed by atoms with Crippen LogP contribution in [0, 0.1) is 11.8 Å². The Kier molecular flexibility index (Phi) is 5.07. The average molecular weight is 391 g/mol. The summed E-state index contributed by atoms with van der Waals surface area (Å²) in [6.45, 7) is 1.58. The molecule has 2 aliphatic heterocycles. The number of amides is 3. The fourth-order valence-corrected chi connectivity index (χ4v) is 5.67. The molecule has 0 spiro atoms. The van der Waals surface area contributed by atoms with Crippen molar-refractivity contribution in [2.45, 2.75) is 82.5 Å². The fraction of sp³-hybridized carbons (Fsp3) is 0.750. The number of β-lactam (4-membered cyclic amide) rings is 1. The zero-order valence-corrected chi connectivity index (χ0v) is 16.2. The highest BCUT2D eigenvalue weighted by Gasteiger charge is 2.62. The number of nitrogens with zero attached hydrogens (tertiary/aromatic N) is 1. The minimum absolute atomic E-state index is 0.0135. The van der Waals surface area contributed by atoms with E-state index in [4.69, 9.17) is 0 Å². The minimum atomic E-state index is -1.14. The van der Waals surface area contributed by atoms with Gasteiger partial charge in [0.15, 0.2) is 0 Å². The number of urea groups is 1. The van der Waals surface area contributed by atoms with Crippen LogP contribution in [-0.4, -0.2) is 57.3 Å². The van der Waals surface area contributed by atoms with Crippen LogP contribution in [0.25, 0.3) is 0 Å². The Morgan fingerprint density at radius 3 is 2.43 bits per heavy atom. The third-order valence-electron chi connectivity index (χ3n) is 6.87. The number of aliphatic hydroxyl groups excluding tert-OH is 1. The molecule has 0 aromatic carbocycles. The van der Waals surface area contributed by atoms with Crippen LogP contribution in [0.5, 0.6) is 0 Å². The first-order valence-corrected chi connectivity index (χ1v) is 10.5. The lowest BCUT2D eigenvalue weighted by atomic mass is 9.71. The molecule has 4 rings (SSSR count). The summed E-state index contributed by atoms with van der Waals surface area (Å²) in [5, 5.41) is 25.8. The third-order valence-corrected chi connectivity index (χ3v) is 6.87. The monoisotopic (exact) mass is 391 g/mol. The molecular weight excluding hydrogens is 362 g/mol. The summed E-state index contributed by atoms with van der Waals surface area (Å²) in [4.78, 5) is 38.4. The van der Waals surface area contributed by atoms with Gasteiger partial charge in [-0.1, -0.05) is 25.7 Å². The zero-order chi connectivity index (χ0) is 20.0. The van der Waals surface area contributed by atoms with Gasteiger partial charge in [0.1, 0.15) is 5.70 Å². The highest BCUT2D eigenvalue weighted by molar-refractivity contribution is 6.00. The molecule has 2 heterocycles. The van der Waals surface area contributed by atoms with E-state index in [1.165, 1.54) is 11.3 Å². The summed E-state index contributed by atoms with van der Waals surface area (Å²) in [5.74, 6) is -2.14. The van der Waals surface area contributed by atoms with Gasteiger partial charge in [0.05, 0.1) is 24.1 Å². The van der Waals surface area contributed by atoms with Crippen molar-refractivity contribution in [1.29, 1.82) is 0 Å². The van der Waals surface area contributed by atoms with E-state index in [0.29, 0.717) is 12.0 Å². The lowest BCUT2D eigenvalue weighted by Gasteiger charge is -2.47. The van der Waals surface area contributed by atoms with Gasteiger partial charge in [0.25, 0.3) is 0 Å². The number of hydrogen-bond donors (Lipinski definition) is 4. The second-order valence-corrected chi connectivity index (χ2v) is 8.62. The number of aliphatic carboxylic acids is 1. The largest absolute Gasteiger partial charge is 0.477 e. The van der Waals surface area contributed by atoms with Gasteiger partial charge in [-0.3, -0.25) is 4.79 Å². The Balaban J connectivity index is 1.54. The lowest BCUT2D eigenvalue weighted by molar-refractivity contribution is -0.163. The summed E-state index contributed by atoms with van der Waals surface area (Å²) >= 11 is 0. The first kappa shape index (κ1) is 19.2. The maximum Gasteiger partial charge on any atom is 0.352 e. The van der Waals surface area contributed by atoms with Gasteiger partial charge in [0.2, 0.25) is 5.91 Å². The molecule has 0 aromatic heterocycles. The van der Waals surface area contributed by atoms with Crippen LogP contribution in [0.3, 0.4) is 0 Å². The Morgan fingerprint density at radius 1 is 1.07 bits per heavy atom. The molecule has 0 radical (unpaired) electrons.